The summed E-state index contributed by atoms with van der Waals surface area (Å²) in [5, 5.41) is 19.0. The van der Waals surface area contributed by atoms with E-state index in [2.05, 4.69) is 4.98 Å². The normalized spacial score (nSPS) is 10.3. The molecule has 1 aromatic heterocycles. The summed E-state index contributed by atoms with van der Waals surface area (Å²) in [5.41, 5.74) is 0.660. The van der Waals surface area contributed by atoms with Crippen molar-refractivity contribution in [3.05, 3.63) is 46.7 Å². The van der Waals surface area contributed by atoms with E-state index in [1.807, 2.05) is 6.92 Å². The van der Waals surface area contributed by atoms with E-state index < -0.39 is 11.8 Å². The lowest BCUT2D eigenvalue weighted by atomic mass is 10.1. The number of benzene rings is 1. The number of aliphatic carboxylic acids is 1. The van der Waals surface area contributed by atoms with E-state index in [1.165, 1.54) is 12.3 Å². The Hall–Kier alpha value is -2.60. The Bertz CT molecular complexity index is 760. The van der Waals surface area contributed by atoms with Crippen LogP contribution in [0.4, 0.5) is 0 Å². The molecule has 0 spiro atoms. The average Bonchev–Trinajstić information content (AvgIpc) is 2.49. The maximum absolute atomic E-state index is 11.8. The van der Waals surface area contributed by atoms with Gasteiger partial charge < -0.3 is 14.9 Å². The molecule has 0 aliphatic carbocycles. The van der Waals surface area contributed by atoms with Crippen molar-refractivity contribution < 1.29 is 24.5 Å². The van der Waals surface area contributed by atoms with Crippen molar-refractivity contribution >= 4 is 23.4 Å². The molecule has 0 aliphatic rings. The van der Waals surface area contributed by atoms with Gasteiger partial charge in [0.25, 0.3) is 0 Å². The van der Waals surface area contributed by atoms with Crippen molar-refractivity contribution in [2.24, 2.45) is 0 Å². The van der Waals surface area contributed by atoms with Crippen LogP contribution in [0.15, 0.2) is 30.5 Å². The Kier molecular flexibility index (Phi) is 5.18. The zero-order valence-corrected chi connectivity index (χ0v) is 13.0. The van der Waals surface area contributed by atoms with Gasteiger partial charge in [-0.05, 0) is 30.7 Å². The van der Waals surface area contributed by atoms with Crippen LogP contribution in [0, 0.1) is 6.92 Å². The summed E-state index contributed by atoms with van der Waals surface area (Å²) in [7, 11) is 0. The minimum absolute atomic E-state index is 0.175. The SMILES string of the molecule is Cc1cc(Oc2cnc(C(=O)CCC(=O)O)c(O)c2)ccc1Cl. The third kappa shape index (κ3) is 4.43. The van der Waals surface area contributed by atoms with Crippen LogP contribution in [-0.4, -0.2) is 26.9 Å². The summed E-state index contributed by atoms with van der Waals surface area (Å²) < 4.78 is 5.54. The molecule has 0 aliphatic heterocycles. The summed E-state index contributed by atoms with van der Waals surface area (Å²) in [4.78, 5) is 26.1. The first-order valence-corrected chi connectivity index (χ1v) is 7.12. The number of carbonyl (C=O) groups excluding carboxylic acids is 1. The molecule has 0 fully saturated rings. The molecule has 7 heteroatoms. The number of pyridine rings is 1. The number of carboxylic acid groups (broad SMARTS) is 1. The number of halogens is 1. The van der Waals surface area contributed by atoms with Gasteiger partial charge in [-0.1, -0.05) is 11.6 Å². The molecule has 0 amide bonds. The van der Waals surface area contributed by atoms with Crippen molar-refractivity contribution in [1.82, 2.24) is 4.98 Å². The highest BCUT2D eigenvalue weighted by molar-refractivity contribution is 6.31. The van der Waals surface area contributed by atoms with Crippen LogP contribution in [0.2, 0.25) is 5.02 Å². The van der Waals surface area contributed by atoms with Gasteiger partial charge >= 0.3 is 5.97 Å². The maximum Gasteiger partial charge on any atom is 0.303 e. The quantitative estimate of drug-likeness (QED) is 0.783. The van der Waals surface area contributed by atoms with Crippen LogP contribution in [-0.2, 0) is 4.79 Å². The van der Waals surface area contributed by atoms with Gasteiger partial charge in [0.2, 0.25) is 0 Å². The van der Waals surface area contributed by atoms with Crippen LogP contribution in [0.25, 0.3) is 0 Å². The van der Waals surface area contributed by atoms with E-state index in [-0.39, 0.29) is 30.0 Å². The van der Waals surface area contributed by atoms with E-state index in [0.717, 1.165) is 5.56 Å². The Balaban J connectivity index is 2.13. The fraction of sp³-hybridized carbons (Fsp3) is 0.188. The van der Waals surface area contributed by atoms with E-state index in [9.17, 15) is 14.7 Å². The monoisotopic (exact) mass is 335 g/mol. The van der Waals surface area contributed by atoms with Crippen molar-refractivity contribution in [2.45, 2.75) is 19.8 Å². The topological polar surface area (TPSA) is 96.7 Å². The van der Waals surface area contributed by atoms with Gasteiger partial charge in [0.05, 0.1) is 12.6 Å². The number of hydrogen-bond acceptors (Lipinski definition) is 5. The Morgan fingerprint density at radius 2 is 1.96 bits per heavy atom. The standard InChI is InChI=1S/C16H14ClNO5/c1-9-6-10(2-3-12(9)17)23-11-7-14(20)16(18-8-11)13(19)4-5-15(21)22/h2-3,6-8,20H,4-5H2,1H3,(H,21,22). The van der Waals surface area contributed by atoms with Crippen LogP contribution >= 0.6 is 11.6 Å². The molecule has 2 N–H and O–H groups in total. The number of aromatic nitrogens is 1. The molecule has 120 valence electrons. The molecule has 23 heavy (non-hydrogen) atoms. The van der Waals surface area contributed by atoms with Crippen molar-refractivity contribution in [2.75, 3.05) is 0 Å². The van der Waals surface area contributed by atoms with E-state index in [1.54, 1.807) is 18.2 Å². The van der Waals surface area contributed by atoms with Crippen LogP contribution in [0.3, 0.4) is 0 Å². The number of aromatic hydroxyl groups is 1. The Morgan fingerprint density at radius 3 is 2.57 bits per heavy atom. The van der Waals surface area contributed by atoms with Crippen LogP contribution < -0.4 is 4.74 Å². The molecule has 2 rings (SSSR count). The second kappa shape index (κ2) is 7.11. The predicted octanol–water partition coefficient (Wildman–Crippen LogP) is 3.59. The van der Waals surface area contributed by atoms with Gasteiger partial charge in [-0.15, -0.1) is 0 Å². The molecule has 0 saturated heterocycles. The summed E-state index contributed by atoms with van der Waals surface area (Å²) in [6.45, 7) is 1.83. The lowest BCUT2D eigenvalue weighted by Gasteiger charge is -2.09. The second-order valence-electron chi connectivity index (χ2n) is 4.87. The fourth-order valence-electron chi connectivity index (χ4n) is 1.86. The van der Waals surface area contributed by atoms with Crippen molar-refractivity contribution in [3.8, 4) is 17.2 Å². The third-order valence-electron chi connectivity index (χ3n) is 3.04. The smallest absolute Gasteiger partial charge is 0.303 e. The number of aryl methyl sites for hydroxylation is 1. The highest BCUT2D eigenvalue weighted by Crippen LogP contribution is 2.28. The number of nitrogens with zero attached hydrogens (tertiary/aromatic N) is 1. The number of hydrogen-bond donors (Lipinski definition) is 2. The van der Waals surface area contributed by atoms with E-state index in [0.29, 0.717) is 10.8 Å². The highest BCUT2D eigenvalue weighted by Gasteiger charge is 2.15. The van der Waals surface area contributed by atoms with Crippen molar-refractivity contribution in [1.29, 1.82) is 0 Å². The summed E-state index contributed by atoms with van der Waals surface area (Å²) in [6, 6.07) is 6.33. The lowest BCUT2D eigenvalue weighted by Crippen LogP contribution is -2.06. The van der Waals surface area contributed by atoms with Gasteiger partial charge in [0, 0.05) is 17.5 Å². The van der Waals surface area contributed by atoms with E-state index in [4.69, 9.17) is 21.4 Å². The number of Topliss-reactive ketones (excluding diaryl/α,β-unsaturated/α-hetero) is 1. The first-order valence-electron chi connectivity index (χ1n) is 6.75. The number of ketones is 1. The van der Waals surface area contributed by atoms with Gasteiger partial charge in [-0.25, -0.2) is 4.98 Å². The first-order chi connectivity index (χ1) is 10.9. The minimum atomic E-state index is -1.09. The fourth-order valence-corrected chi connectivity index (χ4v) is 1.98. The molecule has 0 radical (unpaired) electrons. The predicted molar refractivity (Wildman–Crippen MR) is 83.4 cm³/mol. The summed E-state index contributed by atoms with van der Waals surface area (Å²) >= 11 is 5.93. The van der Waals surface area contributed by atoms with Crippen molar-refractivity contribution in [3.63, 3.8) is 0 Å². The van der Waals surface area contributed by atoms with Crippen LogP contribution in [0.1, 0.15) is 28.9 Å². The average molecular weight is 336 g/mol. The van der Waals surface area contributed by atoms with Gasteiger partial charge in [-0.3, -0.25) is 9.59 Å². The third-order valence-corrected chi connectivity index (χ3v) is 3.46. The van der Waals surface area contributed by atoms with E-state index >= 15 is 0 Å². The zero-order chi connectivity index (χ0) is 17.0. The lowest BCUT2D eigenvalue weighted by molar-refractivity contribution is -0.136. The molecule has 0 unspecified atom stereocenters. The molecular weight excluding hydrogens is 322 g/mol. The number of rotatable bonds is 6. The molecule has 1 heterocycles. The second-order valence-corrected chi connectivity index (χ2v) is 5.28. The molecule has 0 bridgehead atoms. The van der Waals surface area contributed by atoms with Gasteiger partial charge in [-0.2, -0.15) is 0 Å². The van der Waals surface area contributed by atoms with Crippen LogP contribution in [0.5, 0.6) is 17.2 Å². The van der Waals surface area contributed by atoms with Gasteiger partial charge in [0.15, 0.2) is 5.78 Å². The summed E-state index contributed by atoms with van der Waals surface area (Å²) in [5.74, 6) is -1.23. The van der Waals surface area contributed by atoms with Gasteiger partial charge in [0.1, 0.15) is 22.9 Å². The molecule has 0 saturated carbocycles. The number of carbonyl (C=O) groups is 2. The molecule has 2 aromatic rings. The zero-order valence-electron chi connectivity index (χ0n) is 12.2. The Morgan fingerprint density at radius 1 is 1.22 bits per heavy atom. The molecule has 0 atom stereocenters. The minimum Gasteiger partial charge on any atom is -0.505 e. The first kappa shape index (κ1) is 16.8. The molecular formula is C16H14ClNO5. The largest absolute Gasteiger partial charge is 0.505 e. The molecule has 6 nitrogen and oxygen atoms in total. The summed E-state index contributed by atoms with van der Waals surface area (Å²) in [6.07, 6.45) is 0.742. The molecule has 1 aromatic carbocycles. The highest BCUT2D eigenvalue weighted by atomic mass is 35.5. The maximum atomic E-state index is 11.8. The Labute approximate surface area is 137 Å². The number of carboxylic acids is 1. The number of ether oxygens (including phenoxy) is 1.